The molecule has 0 saturated heterocycles. The number of allylic oxidation sites excluding steroid dienone is 1. The topological polar surface area (TPSA) is 66.9 Å². The first kappa shape index (κ1) is 31.3. The molecule has 0 radical (unpaired) electrons. The molecule has 2 N–H and O–H groups in total. The zero-order valence-electron chi connectivity index (χ0n) is 25.5. The Morgan fingerprint density at radius 3 is 2.20 bits per heavy atom. The molecule has 0 fully saturated rings. The molecular weight excluding hydrogens is 504 g/mol. The zero-order chi connectivity index (χ0) is 29.8. The summed E-state index contributed by atoms with van der Waals surface area (Å²) in [5.74, 6) is 0.327. The van der Waals surface area contributed by atoms with Crippen LogP contribution in [0.5, 0.6) is 0 Å². The van der Waals surface area contributed by atoms with Gasteiger partial charge in [-0.3, -0.25) is 14.8 Å². The SMILES string of the molecule is CCc1cccc(CC)c1.Cc1cncc(C(=O)Nc2cccc(C(C)Nc3cnc(/C=C\C(C)C)c(C)c3)c2)c1. The zero-order valence-corrected chi connectivity index (χ0v) is 25.5. The van der Waals surface area contributed by atoms with E-state index in [0.717, 1.165) is 46.6 Å². The molecule has 41 heavy (non-hydrogen) atoms. The number of pyridine rings is 2. The van der Waals surface area contributed by atoms with E-state index in [0.29, 0.717) is 11.5 Å². The van der Waals surface area contributed by atoms with Gasteiger partial charge in [0.25, 0.3) is 5.91 Å². The van der Waals surface area contributed by atoms with Gasteiger partial charge in [-0.2, -0.15) is 0 Å². The number of carbonyl (C=O) groups is 1. The third kappa shape index (κ3) is 10.0. The molecule has 2 aromatic carbocycles. The second kappa shape index (κ2) is 15.5. The van der Waals surface area contributed by atoms with Gasteiger partial charge in [0.15, 0.2) is 0 Å². The van der Waals surface area contributed by atoms with Gasteiger partial charge in [-0.25, -0.2) is 0 Å². The highest BCUT2D eigenvalue weighted by atomic mass is 16.1. The number of rotatable bonds is 9. The van der Waals surface area contributed by atoms with Crippen LogP contribution in [0.2, 0.25) is 0 Å². The molecule has 4 aromatic rings. The van der Waals surface area contributed by atoms with Crippen molar-refractivity contribution in [3.8, 4) is 0 Å². The van der Waals surface area contributed by atoms with Gasteiger partial charge in [0, 0.05) is 24.1 Å². The van der Waals surface area contributed by atoms with Crippen LogP contribution in [0.4, 0.5) is 11.4 Å². The summed E-state index contributed by atoms with van der Waals surface area (Å²) in [7, 11) is 0. The van der Waals surface area contributed by atoms with Crippen LogP contribution in [-0.4, -0.2) is 15.9 Å². The number of aryl methyl sites for hydroxylation is 4. The number of carbonyl (C=O) groups excluding carboxylic acids is 1. The van der Waals surface area contributed by atoms with Crippen molar-refractivity contribution in [1.82, 2.24) is 9.97 Å². The van der Waals surface area contributed by atoms with Crippen molar-refractivity contribution in [2.75, 3.05) is 10.6 Å². The van der Waals surface area contributed by atoms with Crippen LogP contribution in [0.15, 0.2) is 85.3 Å². The van der Waals surface area contributed by atoms with Crippen LogP contribution in [0.1, 0.15) is 84.5 Å². The molecule has 1 unspecified atom stereocenters. The largest absolute Gasteiger partial charge is 0.377 e. The van der Waals surface area contributed by atoms with Crippen molar-refractivity contribution < 1.29 is 4.79 Å². The van der Waals surface area contributed by atoms with E-state index in [4.69, 9.17) is 0 Å². The van der Waals surface area contributed by atoms with E-state index in [2.05, 4.69) is 105 Å². The molecule has 0 aliphatic rings. The number of anilines is 2. The van der Waals surface area contributed by atoms with Crippen molar-refractivity contribution in [3.05, 3.63) is 124 Å². The molecule has 0 bridgehead atoms. The Labute approximate surface area is 246 Å². The lowest BCUT2D eigenvalue weighted by molar-refractivity contribution is 0.102. The quantitative estimate of drug-likeness (QED) is 0.219. The van der Waals surface area contributed by atoms with Gasteiger partial charge in [-0.15, -0.1) is 0 Å². The Morgan fingerprint density at radius 1 is 0.854 bits per heavy atom. The van der Waals surface area contributed by atoms with Crippen molar-refractivity contribution >= 4 is 23.4 Å². The van der Waals surface area contributed by atoms with Gasteiger partial charge in [-0.1, -0.05) is 70.2 Å². The Hall–Kier alpha value is -4.25. The highest BCUT2D eigenvalue weighted by molar-refractivity contribution is 6.04. The fourth-order valence-electron chi connectivity index (χ4n) is 4.29. The van der Waals surface area contributed by atoms with Crippen LogP contribution < -0.4 is 10.6 Å². The van der Waals surface area contributed by atoms with E-state index in [1.807, 2.05) is 43.5 Å². The molecule has 0 aliphatic heterocycles. The molecule has 0 saturated carbocycles. The fourth-order valence-corrected chi connectivity index (χ4v) is 4.29. The minimum atomic E-state index is -0.168. The molecule has 1 atom stereocenters. The number of aromatic nitrogens is 2. The summed E-state index contributed by atoms with van der Waals surface area (Å²) in [6.45, 7) is 14.8. The lowest BCUT2D eigenvalue weighted by Gasteiger charge is -2.17. The Morgan fingerprint density at radius 2 is 1.56 bits per heavy atom. The number of hydrogen-bond acceptors (Lipinski definition) is 4. The monoisotopic (exact) mass is 548 g/mol. The minimum absolute atomic E-state index is 0.0516. The molecule has 214 valence electrons. The van der Waals surface area contributed by atoms with Crippen molar-refractivity contribution in [2.45, 2.75) is 67.3 Å². The molecule has 0 spiro atoms. The Kier molecular flexibility index (Phi) is 11.8. The summed E-state index contributed by atoms with van der Waals surface area (Å²) < 4.78 is 0. The highest BCUT2D eigenvalue weighted by Gasteiger charge is 2.10. The third-order valence-electron chi connectivity index (χ3n) is 6.73. The molecule has 4 rings (SSSR count). The molecular formula is C36H44N4O. The van der Waals surface area contributed by atoms with Crippen LogP contribution in [0.25, 0.3) is 6.08 Å². The summed E-state index contributed by atoms with van der Waals surface area (Å²) in [4.78, 5) is 21.2. The van der Waals surface area contributed by atoms with Gasteiger partial charge in [-0.05, 0) is 97.7 Å². The number of nitrogens with zero attached hydrogens (tertiary/aromatic N) is 2. The van der Waals surface area contributed by atoms with E-state index in [9.17, 15) is 4.79 Å². The average Bonchev–Trinajstić information content (AvgIpc) is 2.97. The van der Waals surface area contributed by atoms with E-state index >= 15 is 0 Å². The summed E-state index contributed by atoms with van der Waals surface area (Å²) >= 11 is 0. The maximum atomic E-state index is 12.5. The van der Waals surface area contributed by atoms with Gasteiger partial charge in [0.05, 0.1) is 23.1 Å². The van der Waals surface area contributed by atoms with Crippen molar-refractivity contribution in [2.24, 2.45) is 5.92 Å². The normalized spacial score (nSPS) is 11.6. The first-order valence-electron chi connectivity index (χ1n) is 14.5. The first-order valence-corrected chi connectivity index (χ1v) is 14.5. The molecule has 1 amide bonds. The number of nitrogens with one attached hydrogen (secondary N) is 2. The van der Waals surface area contributed by atoms with E-state index in [1.54, 1.807) is 12.4 Å². The van der Waals surface area contributed by atoms with E-state index < -0.39 is 0 Å². The van der Waals surface area contributed by atoms with E-state index in [1.165, 1.54) is 11.1 Å². The standard InChI is InChI=1S/C26H30N4O.C10H14/c1-17(2)9-10-25-19(4)12-24(16-28-25)29-20(5)21-7-6-8-23(13-21)30-26(31)22-11-18(3)14-27-15-22;1-3-9-6-5-7-10(4-2)8-9/h6-17,20,29H,1-5H3,(H,30,31);5-8H,3-4H2,1-2H3/b10-9-;. The van der Waals surface area contributed by atoms with Crippen molar-refractivity contribution in [1.29, 1.82) is 0 Å². The second-order valence-corrected chi connectivity index (χ2v) is 10.8. The molecule has 0 aliphatic carbocycles. The molecule has 5 heteroatoms. The maximum absolute atomic E-state index is 12.5. The summed E-state index contributed by atoms with van der Waals surface area (Å²) in [6, 6.07) is 20.6. The van der Waals surface area contributed by atoms with Gasteiger partial charge < -0.3 is 10.6 Å². The molecule has 2 heterocycles. The first-order chi connectivity index (χ1) is 19.7. The van der Waals surface area contributed by atoms with E-state index in [-0.39, 0.29) is 11.9 Å². The predicted molar refractivity (Wildman–Crippen MR) is 173 cm³/mol. The third-order valence-corrected chi connectivity index (χ3v) is 6.73. The van der Waals surface area contributed by atoms with Crippen molar-refractivity contribution in [3.63, 3.8) is 0 Å². The lowest BCUT2D eigenvalue weighted by atomic mass is 10.1. The van der Waals surface area contributed by atoms with Gasteiger partial charge >= 0.3 is 0 Å². The van der Waals surface area contributed by atoms with Gasteiger partial charge in [0.1, 0.15) is 0 Å². The smallest absolute Gasteiger partial charge is 0.257 e. The number of amides is 1. The van der Waals surface area contributed by atoms with Crippen LogP contribution in [0.3, 0.4) is 0 Å². The highest BCUT2D eigenvalue weighted by Crippen LogP contribution is 2.23. The molecule has 2 aromatic heterocycles. The van der Waals surface area contributed by atoms with Crippen LogP contribution in [-0.2, 0) is 12.8 Å². The summed E-state index contributed by atoms with van der Waals surface area (Å²) in [5, 5.41) is 6.46. The minimum Gasteiger partial charge on any atom is -0.377 e. The maximum Gasteiger partial charge on any atom is 0.257 e. The second-order valence-electron chi connectivity index (χ2n) is 10.8. The lowest BCUT2D eigenvalue weighted by Crippen LogP contribution is -2.13. The predicted octanol–water partition coefficient (Wildman–Crippen LogP) is 9.00. The fraction of sp³-hybridized carbons (Fsp3) is 0.306. The van der Waals surface area contributed by atoms with Gasteiger partial charge in [0.2, 0.25) is 0 Å². The van der Waals surface area contributed by atoms with Crippen LogP contribution in [0, 0.1) is 19.8 Å². The summed E-state index contributed by atoms with van der Waals surface area (Å²) in [6.07, 6.45) is 11.7. The number of hydrogen-bond donors (Lipinski definition) is 2. The average molecular weight is 549 g/mol. The summed E-state index contributed by atoms with van der Waals surface area (Å²) in [5.41, 5.74) is 9.29. The van der Waals surface area contributed by atoms with Crippen LogP contribution >= 0.6 is 0 Å². The Balaban J connectivity index is 0.000000389. The molecule has 5 nitrogen and oxygen atoms in total. The number of benzene rings is 2. The Bertz CT molecular complexity index is 1440.